The number of anilines is 1. The molecule has 0 fully saturated rings. The fourth-order valence-electron chi connectivity index (χ4n) is 2.59. The number of fused-ring (bicyclic) bond motifs is 1. The lowest BCUT2D eigenvalue weighted by atomic mass is 10.00. The third-order valence-electron chi connectivity index (χ3n) is 3.63. The molecule has 0 bridgehead atoms. The zero-order chi connectivity index (χ0) is 13.4. The number of aliphatic imine (C=N–C) groups is 1. The van der Waals surface area contributed by atoms with Crippen LogP contribution in [0.4, 0.5) is 5.69 Å². The lowest BCUT2D eigenvalue weighted by molar-refractivity contribution is 0.557. The summed E-state index contributed by atoms with van der Waals surface area (Å²) in [6, 6.07) is 4.23. The van der Waals surface area contributed by atoms with Crippen LogP contribution in [0.25, 0.3) is 10.9 Å². The molecule has 1 aliphatic heterocycles. The minimum absolute atomic E-state index is 0. The summed E-state index contributed by atoms with van der Waals surface area (Å²) >= 11 is 0. The van der Waals surface area contributed by atoms with E-state index in [2.05, 4.69) is 48.3 Å². The van der Waals surface area contributed by atoms with Gasteiger partial charge in [0.05, 0.1) is 24.3 Å². The highest BCUT2D eigenvalue weighted by atomic mass is 35.5. The molecule has 1 aromatic heterocycles. The topological polar surface area (TPSA) is 40.5 Å². The van der Waals surface area contributed by atoms with E-state index in [1.54, 1.807) is 0 Å². The fraction of sp³-hybridized carbons (Fsp3) is 0.333. The molecule has 1 N–H and O–H groups in total. The number of pyridine rings is 1. The first-order valence-electron chi connectivity index (χ1n) is 6.55. The van der Waals surface area contributed by atoms with Gasteiger partial charge in [-0.2, -0.15) is 0 Å². The molecule has 2 heterocycles. The molecule has 2 aromatic rings. The molecule has 0 saturated heterocycles. The normalized spacial score (nSPS) is 13.0. The number of hydrogen-bond acceptors (Lipinski definition) is 4. The van der Waals surface area contributed by atoms with Crippen molar-refractivity contribution in [2.75, 3.05) is 18.5 Å². The van der Waals surface area contributed by atoms with E-state index < -0.39 is 0 Å². The lowest BCUT2D eigenvalue weighted by Crippen LogP contribution is -2.27. The van der Waals surface area contributed by atoms with Gasteiger partial charge in [-0.25, -0.2) is 0 Å². The highest BCUT2D eigenvalue weighted by Crippen LogP contribution is 2.30. The summed E-state index contributed by atoms with van der Waals surface area (Å²) in [7, 11) is 0. The standard InChI is InChI=1S/C15H18N4.2ClH/c1-10-4-5-17-15-11(2)8-13(12(3)14(10)15)18-19-7-6-16-9-19;;/h4-5,8-9,18H,6-7H2,1-3H3;2*1H. The quantitative estimate of drug-likeness (QED) is 0.915. The first-order valence-corrected chi connectivity index (χ1v) is 6.55. The molecule has 0 unspecified atom stereocenters. The molecule has 1 aromatic carbocycles. The smallest absolute Gasteiger partial charge is 0.104 e. The fourth-order valence-corrected chi connectivity index (χ4v) is 2.59. The van der Waals surface area contributed by atoms with Gasteiger partial charge >= 0.3 is 0 Å². The molecule has 114 valence electrons. The molecular weight excluding hydrogens is 307 g/mol. The largest absolute Gasteiger partial charge is 0.297 e. The van der Waals surface area contributed by atoms with E-state index in [-0.39, 0.29) is 24.8 Å². The van der Waals surface area contributed by atoms with Gasteiger partial charge in [-0.05, 0) is 49.6 Å². The van der Waals surface area contributed by atoms with Crippen molar-refractivity contribution in [3.8, 4) is 0 Å². The van der Waals surface area contributed by atoms with E-state index in [1.165, 1.54) is 22.1 Å². The van der Waals surface area contributed by atoms with Gasteiger partial charge in [-0.15, -0.1) is 24.8 Å². The Bertz CT molecular complexity index is 670. The molecule has 0 radical (unpaired) electrons. The van der Waals surface area contributed by atoms with Crippen LogP contribution in [-0.4, -0.2) is 29.4 Å². The second-order valence-corrected chi connectivity index (χ2v) is 5.04. The van der Waals surface area contributed by atoms with E-state index in [9.17, 15) is 0 Å². The summed E-state index contributed by atoms with van der Waals surface area (Å²) in [6.07, 6.45) is 3.74. The van der Waals surface area contributed by atoms with Crippen LogP contribution in [0.3, 0.4) is 0 Å². The summed E-state index contributed by atoms with van der Waals surface area (Å²) < 4.78 is 0. The van der Waals surface area contributed by atoms with Crippen molar-refractivity contribution in [3.63, 3.8) is 0 Å². The molecule has 0 amide bonds. The van der Waals surface area contributed by atoms with Crippen LogP contribution in [0.5, 0.6) is 0 Å². The Morgan fingerprint density at radius 3 is 2.57 bits per heavy atom. The summed E-state index contributed by atoms with van der Waals surface area (Å²) in [5.74, 6) is 0. The van der Waals surface area contributed by atoms with Crippen molar-refractivity contribution >= 4 is 47.7 Å². The van der Waals surface area contributed by atoms with Crippen LogP contribution in [0, 0.1) is 20.8 Å². The van der Waals surface area contributed by atoms with Gasteiger partial charge in [0.15, 0.2) is 0 Å². The number of rotatable bonds is 2. The lowest BCUT2D eigenvalue weighted by Gasteiger charge is -2.20. The molecule has 0 aliphatic carbocycles. The van der Waals surface area contributed by atoms with Gasteiger partial charge in [0.25, 0.3) is 0 Å². The van der Waals surface area contributed by atoms with Crippen LogP contribution < -0.4 is 5.43 Å². The first-order chi connectivity index (χ1) is 9.16. The predicted octanol–water partition coefficient (Wildman–Crippen LogP) is 3.67. The number of nitrogens with one attached hydrogen (secondary N) is 1. The van der Waals surface area contributed by atoms with Crippen molar-refractivity contribution in [3.05, 3.63) is 35.0 Å². The Morgan fingerprint density at radius 1 is 1.14 bits per heavy atom. The molecule has 0 atom stereocenters. The number of aromatic nitrogens is 1. The minimum atomic E-state index is 0. The van der Waals surface area contributed by atoms with Crippen LogP contribution in [0.2, 0.25) is 0 Å². The molecule has 3 rings (SSSR count). The molecule has 0 spiro atoms. The Morgan fingerprint density at radius 2 is 1.90 bits per heavy atom. The molecule has 4 nitrogen and oxygen atoms in total. The van der Waals surface area contributed by atoms with Crippen molar-refractivity contribution in [2.45, 2.75) is 20.8 Å². The minimum Gasteiger partial charge on any atom is -0.297 e. The maximum Gasteiger partial charge on any atom is 0.104 e. The van der Waals surface area contributed by atoms with Gasteiger partial charge in [-0.3, -0.25) is 20.4 Å². The van der Waals surface area contributed by atoms with Gasteiger partial charge in [0.1, 0.15) is 6.34 Å². The summed E-state index contributed by atoms with van der Waals surface area (Å²) in [4.78, 5) is 8.73. The van der Waals surface area contributed by atoms with Crippen molar-refractivity contribution < 1.29 is 0 Å². The van der Waals surface area contributed by atoms with Crippen molar-refractivity contribution in [1.82, 2.24) is 9.99 Å². The van der Waals surface area contributed by atoms with Crippen LogP contribution >= 0.6 is 24.8 Å². The van der Waals surface area contributed by atoms with Crippen LogP contribution in [-0.2, 0) is 0 Å². The van der Waals surface area contributed by atoms with E-state index in [0.717, 1.165) is 24.3 Å². The van der Waals surface area contributed by atoms with Crippen molar-refractivity contribution in [1.29, 1.82) is 0 Å². The third kappa shape index (κ3) is 3.22. The monoisotopic (exact) mass is 326 g/mol. The number of hydrogen-bond donors (Lipinski definition) is 1. The van der Waals surface area contributed by atoms with Crippen molar-refractivity contribution in [2.24, 2.45) is 4.99 Å². The molecular formula is C15H20Cl2N4. The maximum absolute atomic E-state index is 4.51. The van der Waals surface area contributed by atoms with Crippen LogP contribution in [0.1, 0.15) is 16.7 Å². The predicted molar refractivity (Wildman–Crippen MR) is 94.1 cm³/mol. The van der Waals surface area contributed by atoms with E-state index >= 15 is 0 Å². The molecule has 21 heavy (non-hydrogen) atoms. The van der Waals surface area contributed by atoms with E-state index in [4.69, 9.17) is 0 Å². The third-order valence-corrected chi connectivity index (χ3v) is 3.63. The first kappa shape index (κ1) is 17.5. The second kappa shape index (κ2) is 6.96. The van der Waals surface area contributed by atoms with Gasteiger partial charge in [0.2, 0.25) is 0 Å². The zero-order valence-corrected chi connectivity index (χ0v) is 14.0. The number of nitrogens with zero attached hydrogens (tertiary/aromatic N) is 3. The number of halogens is 2. The Kier molecular flexibility index (Phi) is 5.81. The van der Waals surface area contributed by atoms with Gasteiger partial charge in [0, 0.05) is 11.6 Å². The SMILES string of the molecule is Cc1cc(NN2C=NCC2)c(C)c2c(C)ccnc12.Cl.Cl. The molecule has 6 heteroatoms. The van der Waals surface area contributed by atoms with E-state index in [0.29, 0.717) is 0 Å². The van der Waals surface area contributed by atoms with E-state index in [1.807, 2.05) is 17.5 Å². The second-order valence-electron chi connectivity index (χ2n) is 5.04. The highest BCUT2D eigenvalue weighted by Gasteiger charge is 2.12. The number of hydrazine groups is 1. The molecule has 0 saturated carbocycles. The van der Waals surface area contributed by atoms with Gasteiger partial charge < -0.3 is 0 Å². The molecule has 1 aliphatic rings. The summed E-state index contributed by atoms with van der Waals surface area (Å²) in [5.41, 5.74) is 9.36. The summed E-state index contributed by atoms with van der Waals surface area (Å²) in [6.45, 7) is 8.17. The summed E-state index contributed by atoms with van der Waals surface area (Å²) in [5, 5.41) is 3.28. The number of benzene rings is 1. The Balaban J connectivity index is 0.00000110. The average molecular weight is 327 g/mol. The maximum atomic E-state index is 4.51. The Hall–Kier alpha value is -1.52. The van der Waals surface area contributed by atoms with Gasteiger partial charge in [-0.1, -0.05) is 0 Å². The highest BCUT2D eigenvalue weighted by molar-refractivity contribution is 5.92. The number of aryl methyl sites for hydroxylation is 3. The zero-order valence-electron chi connectivity index (χ0n) is 12.4. The Labute approximate surface area is 137 Å². The van der Waals surface area contributed by atoms with Crippen LogP contribution in [0.15, 0.2) is 23.3 Å². The average Bonchev–Trinajstić information content (AvgIpc) is 2.88.